The van der Waals surface area contributed by atoms with E-state index in [9.17, 15) is 4.79 Å². The van der Waals surface area contributed by atoms with Crippen molar-refractivity contribution >= 4 is 5.91 Å². The summed E-state index contributed by atoms with van der Waals surface area (Å²) in [7, 11) is 0. The second kappa shape index (κ2) is 5.11. The predicted octanol–water partition coefficient (Wildman–Crippen LogP) is 1.96. The first kappa shape index (κ1) is 13.1. The van der Waals surface area contributed by atoms with Crippen molar-refractivity contribution in [3.63, 3.8) is 0 Å². The molecular weight excluding hydrogens is 224 g/mol. The van der Waals surface area contributed by atoms with Crippen molar-refractivity contribution in [2.45, 2.75) is 44.7 Å². The van der Waals surface area contributed by atoms with Crippen molar-refractivity contribution in [1.82, 2.24) is 4.90 Å². The number of nitrogens with zero attached hydrogens (tertiary/aromatic N) is 1. The first-order chi connectivity index (χ1) is 8.51. The fraction of sp³-hybridized carbons (Fsp3) is 0.533. The number of carbonyl (C=O) groups excluding carboxylic acids is 1. The van der Waals surface area contributed by atoms with Crippen LogP contribution in [0.15, 0.2) is 30.3 Å². The van der Waals surface area contributed by atoms with Gasteiger partial charge in [-0.1, -0.05) is 30.3 Å². The van der Waals surface area contributed by atoms with Crippen molar-refractivity contribution in [2.24, 2.45) is 5.73 Å². The van der Waals surface area contributed by atoms with Gasteiger partial charge in [0.2, 0.25) is 5.91 Å². The molecule has 0 saturated carbocycles. The Balaban J connectivity index is 2.09. The molecule has 0 bridgehead atoms. The van der Waals surface area contributed by atoms with E-state index >= 15 is 0 Å². The molecule has 0 spiro atoms. The van der Waals surface area contributed by atoms with E-state index in [2.05, 4.69) is 13.8 Å². The molecule has 1 atom stereocenters. The number of benzene rings is 1. The molecule has 1 aromatic rings. The number of hydrogen-bond acceptors (Lipinski definition) is 2. The number of carbonyl (C=O) groups is 1. The van der Waals surface area contributed by atoms with E-state index in [4.69, 9.17) is 5.73 Å². The number of rotatable bonds is 2. The summed E-state index contributed by atoms with van der Waals surface area (Å²) in [5.41, 5.74) is 6.98. The average molecular weight is 246 g/mol. The van der Waals surface area contributed by atoms with Gasteiger partial charge in [-0.2, -0.15) is 0 Å². The van der Waals surface area contributed by atoms with Gasteiger partial charge in [0.1, 0.15) is 0 Å². The van der Waals surface area contributed by atoms with Gasteiger partial charge in [0.15, 0.2) is 0 Å². The van der Waals surface area contributed by atoms with Gasteiger partial charge in [0.25, 0.3) is 0 Å². The SMILES string of the molecule is CC1(C)C(N)CCCN1C(=O)Cc1ccccc1. The molecule has 0 radical (unpaired) electrons. The summed E-state index contributed by atoms with van der Waals surface area (Å²) >= 11 is 0. The molecule has 1 unspecified atom stereocenters. The summed E-state index contributed by atoms with van der Waals surface area (Å²) in [6.45, 7) is 4.96. The Labute approximate surface area is 109 Å². The quantitative estimate of drug-likeness (QED) is 0.867. The number of nitrogens with two attached hydrogens (primary N) is 1. The zero-order chi connectivity index (χ0) is 13.2. The minimum Gasteiger partial charge on any atom is -0.336 e. The minimum atomic E-state index is -0.232. The largest absolute Gasteiger partial charge is 0.336 e. The van der Waals surface area contributed by atoms with Crippen LogP contribution in [0, 0.1) is 0 Å². The Hall–Kier alpha value is -1.35. The number of hydrogen-bond donors (Lipinski definition) is 1. The van der Waals surface area contributed by atoms with Crippen molar-refractivity contribution < 1.29 is 4.79 Å². The van der Waals surface area contributed by atoms with Crippen molar-refractivity contribution in [2.75, 3.05) is 6.54 Å². The van der Waals surface area contributed by atoms with Gasteiger partial charge in [0, 0.05) is 12.6 Å². The lowest BCUT2D eigenvalue weighted by atomic mass is 9.85. The fourth-order valence-corrected chi connectivity index (χ4v) is 2.62. The van der Waals surface area contributed by atoms with Crippen LogP contribution in [0.1, 0.15) is 32.3 Å². The number of amides is 1. The Morgan fingerprint density at radius 1 is 1.39 bits per heavy atom. The van der Waals surface area contributed by atoms with Gasteiger partial charge in [-0.25, -0.2) is 0 Å². The lowest BCUT2D eigenvalue weighted by Gasteiger charge is -2.46. The molecule has 18 heavy (non-hydrogen) atoms. The second-order valence-corrected chi connectivity index (χ2v) is 5.61. The third-order valence-electron chi connectivity index (χ3n) is 4.00. The molecule has 0 aromatic heterocycles. The summed E-state index contributed by atoms with van der Waals surface area (Å²) < 4.78 is 0. The standard InChI is InChI=1S/C15H22N2O/c1-15(2)13(16)9-6-10-17(15)14(18)11-12-7-4-3-5-8-12/h3-5,7-8,13H,6,9-11,16H2,1-2H3. The van der Waals surface area contributed by atoms with Gasteiger partial charge in [-0.3, -0.25) is 4.79 Å². The van der Waals surface area contributed by atoms with Crippen LogP contribution >= 0.6 is 0 Å². The zero-order valence-electron chi connectivity index (χ0n) is 11.2. The van der Waals surface area contributed by atoms with Crippen LogP contribution in [0.3, 0.4) is 0 Å². The summed E-state index contributed by atoms with van der Waals surface area (Å²) in [5.74, 6) is 0.182. The summed E-state index contributed by atoms with van der Waals surface area (Å²) in [4.78, 5) is 14.4. The average Bonchev–Trinajstić information content (AvgIpc) is 2.33. The van der Waals surface area contributed by atoms with Crippen molar-refractivity contribution in [3.05, 3.63) is 35.9 Å². The third kappa shape index (κ3) is 2.56. The molecule has 1 fully saturated rings. The molecule has 3 nitrogen and oxygen atoms in total. The van der Waals surface area contributed by atoms with Crippen molar-refractivity contribution in [3.8, 4) is 0 Å². The Kier molecular flexibility index (Phi) is 3.71. The lowest BCUT2D eigenvalue weighted by Crippen LogP contribution is -2.61. The van der Waals surface area contributed by atoms with E-state index in [0.717, 1.165) is 24.9 Å². The van der Waals surface area contributed by atoms with E-state index in [1.54, 1.807) is 0 Å². The molecule has 1 amide bonds. The maximum absolute atomic E-state index is 12.4. The van der Waals surface area contributed by atoms with E-state index in [0.29, 0.717) is 6.42 Å². The molecule has 0 aliphatic carbocycles. The smallest absolute Gasteiger partial charge is 0.227 e. The normalized spacial score (nSPS) is 22.8. The molecule has 2 N–H and O–H groups in total. The van der Waals surface area contributed by atoms with Crippen LogP contribution in [-0.4, -0.2) is 28.9 Å². The number of piperidine rings is 1. The van der Waals surface area contributed by atoms with Crippen LogP contribution in [0.2, 0.25) is 0 Å². The van der Waals surface area contributed by atoms with Gasteiger partial charge in [0.05, 0.1) is 12.0 Å². The number of likely N-dealkylation sites (tertiary alicyclic amines) is 1. The van der Waals surface area contributed by atoms with Crippen LogP contribution < -0.4 is 5.73 Å². The van der Waals surface area contributed by atoms with Crippen LogP contribution in [0.25, 0.3) is 0 Å². The molecule has 1 saturated heterocycles. The van der Waals surface area contributed by atoms with E-state index in [1.807, 2.05) is 35.2 Å². The predicted molar refractivity (Wildman–Crippen MR) is 73.1 cm³/mol. The minimum absolute atomic E-state index is 0.0750. The van der Waals surface area contributed by atoms with Gasteiger partial charge in [-0.05, 0) is 32.3 Å². The first-order valence-corrected chi connectivity index (χ1v) is 6.62. The Morgan fingerprint density at radius 3 is 2.72 bits per heavy atom. The molecule has 1 aliphatic heterocycles. The Morgan fingerprint density at radius 2 is 2.06 bits per heavy atom. The molecular formula is C15H22N2O. The highest BCUT2D eigenvalue weighted by Crippen LogP contribution is 2.27. The first-order valence-electron chi connectivity index (χ1n) is 6.62. The van der Waals surface area contributed by atoms with E-state index < -0.39 is 0 Å². The van der Waals surface area contributed by atoms with Gasteiger partial charge >= 0.3 is 0 Å². The monoisotopic (exact) mass is 246 g/mol. The van der Waals surface area contributed by atoms with Crippen LogP contribution in [0.4, 0.5) is 0 Å². The summed E-state index contributed by atoms with van der Waals surface area (Å²) in [5, 5.41) is 0. The van der Waals surface area contributed by atoms with Crippen LogP contribution in [0.5, 0.6) is 0 Å². The molecule has 2 rings (SSSR count). The lowest BCUT2D eigenvalue weighted by molar-refractivity contribution is -0.138. The van der Waals surface area contributed by atoms with Crippen molar-refractivity contribution in [1.29, 1.82) is 0 Å². The molecule has 98 valence electrons. The highest BCUT2D eigenvalue weighted by Gasteiger charge is 2.38. The topological polar surface area (TPSA) is 46.3 Å². The second-order valence-electron chi connectivity index (χ2n) is 5.61. The third-order valence-corrected chi connectivity index (χ3v) is 4.00. The molecule has 1 aliphatic rings. The maximum atomic E-state index is 12.4. The van der Waals surface area contributed by atoms with Crippen LogP contribution in [-0.2, 0) is 11.2 Å². The Bertz CT molecular complexity index is 414. The highest BCUT2D eigenvalue weighted by atomic mass is 16.2. The molecule has 1 heterocycles. The maximum Gasteiger partial charge on any atom is 0.227 e. The summed E-state index contributed by atoms with van der Waals surface area (Å²) in [6.07, 6.45) is 2.48. The van der Waals surface area contributed by atoms with Gasteiger partial charge < -0.3 is 10.6 Å². The summed E-state index contributed by atoms with van der Waals surface area (Å²) in [6, 6.07) is 9.97. The van der Waals surface area contributed by atoms with E-state index in [-0.39, 0.29) is 17.5 Å². The van der Waals surface area contributed by atoms with E-state index in [1.165, 1.54) is 0 Å². The molecule has 3 heteroatoms. The fourth-order valence-electron chi connectivity index (χ4n) is 2.62. The zero-order valence-corrected chi connectivity index (χ0v) is 11.2. The van der Waals surface area contributed by atoms with Gasteiger partial charge in [-0.15, -0.1) is 0 Å². The molecule has 1 aromatic carbocycles. The highest BCUT2D eigenvalue weighted by molar-refractivity contribution is 5.79.